The molecule has 12 heteroatoms. The van der Waals surface area contributed by atoms with Gasteiger partial charge in [-0.2, -0.15) is 0 Å². The highest BCUT2D eigenvalue weighted by molar-refractivity contribution is 5.95. The Morgan fingerprint density at radius 3 is 2.02 bits per heavy atom. The van der Waals surface area contributed by atoms with Gasteiger partial charge in [0.25, 0.3) is 0 Å². The van der Waals surface area contributed by atoms with Crippen LogP contribution in [-0.4, -0.2) is 61.2 Å². The molecule has 0 saturated carbocycles. The van der Waals surface area contributed by atoms with Crippen molar-refractivity contribution < 1.29 is 52.0 Å². The summed E-state index contributed by atoms with van der Waals surface area (Å²) >= 11 is 0. The van der Waals surface area contributed by atoms with E-state index < -0.39 is 66.8 Å². The Labute approximate surface area is 240 Å². The minimum atomic E-state index is -1.44. The molecule has 2 heterocycles. The topological polar surface area (TPSA) is 154 Å². The zero-order valence-corrected chi connectivity index (χ0v) is 23.6. The van der Waals surface area contributed by atoms with Crippen LogP contribution in [0, 0.1) is 6.92 Å². The summed E-state index contributed by atoms with van der Waals surface area (Å²) in [6, 6.07) is 14.0. The van der Waals surface area contributed by atoms with Crippen LogP contribution in [0.4, 0.5) is 0 Å². The van der Waals surface area contributed by atoms with Gasteiger partial charge in [0.2, 0.25) is 12.4 Å². The van der Waals surface area contributed by atoms with Crippen LogP contribution in [0.2, 0.25) is 0 Å². The van der Waals surface area contributed by atoms with Crippen LogP contribution in [0.1, 0.15) is 33.3 Å². The molecule has 42 heavy (non-hydrogen) atoms. The SMILES string of the molecule is CC(=O)OC[C@H]1O[C@@H](Oc2ccc3c(-c4ccccc4)cc(=O)oc3c2C)[C@H](OC(C)=O)[C@@H](OC(C)=O)[C@H]1OC(C)=O. The molecule has 0 aliphatic carbocycles. The maximum absolute atomic E-state index is 12.5. The maximum atomic E-state index is 12.5. The summed E-state index contributed by atoms with van der Waals surface area (Å²) < 4.78 is 39.1. The van der Waals surface area contributed by atoms with Crippen molar-refractivity contribution in [2.45, 2.75) is 65.3 Å². The summed E-state index contributed by atoms with van der Waals surface area (Å²) in [4.78, 5) is 60.3. The van der Waals surface area contributed by atoms with Gasteiger partial charge < -0.3 is 32.8 Å². The maximum Gasteiger partial charge on any atom is 0.336 e. The van der Waals surface area contributed by atoms with E-state index in [4.69, 9.17) is 32.8 Å². The van der Waals surface area contributed by atoms with Gasteiger partial charge in [-0.25, -0.2) is 4.79 Å². The van der Waals surface area contributed by atoms with Gasteiger partial charge in [0.15, 0.2) is 12.2 Å². The first-order chi connectivity index (χ1) is 19.9. The second-order valence-corrected chi connectivity index (χ2v) is 9.60. The molecule has 5 atom stereocenters. The van der Waals surface area contributed by atoms with E-state index in [1.807, 2.05) is 30.3 Å². The lowest BCUT2D eigenvalue weighted by Crippen LogP contribution is -2.63. The third kappa shape index (κ3) is 6.95. The normalized spacial score (nSPS) is 21.7. The zero-order valence-electron chi connectivity index (χ0n) is 23.6. The van der Waals surface area contributed by atoms with E-state index in [-0.39, 0.29) is 11.3 Å². The van der Waals surface area contributed by atoms with Crippen LogP contribution in [0.3, 0.4) is 0 Å². The molecule has 1 saturated heterocycles. The minimum absolute atomic E-state index is 0.191. The monoisotopic (exact) mass is 582 g/mol. The van der Waals surface area contributed by atoms with E-state index in [1.165, 1.54) is 13.0 Å². The fourth-order valence-corrected chi connectivity index (χ4v) is 4.74. The van der Waals surface area contributed by atoms with Crippen molar-refractivity contribution in [2.24, 2.45) is 0 Å². The second kappa shape index (κ2) is 12.9. The summed E-state index contributed by atoms with van der Waals surface area (Å²) in [5, 5.41) is 0.646. The molecule has 0 unspecified atom stereocenters. The van der Waals surface area contributed by atoms with Gasteiger partial charge in [0, 0.05) is 44.7 Å². The van der Waals surface area contributed by atoms with Gasteiger partial charge in [-0.15, -0.1) is 0 Å². The Balaban J connectivity index is 1.78. The van der Waals surface area contributed by atoms with Crippen LogP contribution in [-0.2, 0) is 42.9 Å². The number of ether oxygens (including phenoxy) is 6. The highest BCUT2D eigenvalue weighted by Crippen LogP contribution is 2.36. The molecular weight excluding hydrogens is 552 g/mol. The van der Waals surface area contributed by atoms with Crippen molar-refractivity contribution in [3.8, 4) is 16.9 Å². The van der Waals surface area contributed by atoms with Crippen molar-refractivity contribution >= 4 is 34.8 Å². The van der Waals surface area contributed by atoms with Gasteiger partial charge in [-0.05, 0) is 30.2 Å². The Hall–Kier alpha value is -4.71. The fraction of sp³-hybridized carbons (Fsp3) is 0.367. The average Bonchev–Trinajstić information content (AvgIpc) is 2.92. The van der Waals surface area contributed by atoms with Crippen LogP contribution < -0.4 is 10.4 Å². The Morgan fingerprint density at radius 2 is 1.40 bits per heavy atom. The smallest absolute Gasteiger partial charge is 0.336 e. The van der Waals surface area contributed by atoms with E-state index in [0.29, 0.717) is 16.5 Å². The standard InChI is InChI=1S/C30H30O12/c1-15-23(12-11-21-22(13-25(35)42-26(15)21)20-9-7-6-8-10-20)40-30-29(39-19(5)34)28(38-18(4)33)27(37-17(3)32)24(41-30)14-36-16(2)31/h6-13,24,27-30H,14H2,1-5H3/t24-,27+,28+,29-,30-/m1/s1. The molecule has 0 N–H and O–H groups in total. The zero-order chi connectivity index (χ0) is 30.6. The third-order valence-corrected chi connectivity index (χ3v) is 6.39. The molecule has 4 rings (SSSR count). The number of carbonyl (C=O) groups is 4. The predicted octanol–water partition coefficient (Wildman–Crippen LogP) is 3.23. The first-order valence-electron chi connectivity index (χ1n) is 13.0. The van der Waals surface area contributed by atoms with Crippen LogP contribution in [0.15, 0.2) is 57.7 Å². The molecule has 1 aliphatic rings. The number of hydrogen-bond acceptors (Lipinski definition) is 12. The van der Waals surface area contributed by atoms with Crippen LogP contribution >= 0.6 is 0 Å². The highest BCUT2D eigenvalue weighted by Gasteiger charge is 2.53. The molecule has 12 nitrogen and oxygen atoms in total. The largest absolute Gasteiger partial charge is 0.463 e. The summed E-state index contributed by atoms with van der Waals surface area (Å²) in [7, 11) is 0. The second-order valence-electron chi connectivity index (χ2n) is 9.60. The number of hydrogen-bond donors (Lipinski definition) is 0. The summed E-state index contributed by atoms with van der Waals surface area (Å²) in [6.07, 6.45) is -6.74. The van der Waals surface area contributed by atoms with Gasteiger partial charge in [-0.1, -0.05) is 30.3 Å². The van der Waals surface area contributed by atoms with Crippen molar-refractivity contribution in [1.82, 2.24) is 0 Å². The van der Waals surface area contributed by atoms with Crippen molar-refractivity contribution in [3.05, 3.63) is 64.5 Å². The van der Waals surface area contributed by atoms with E-state index >= 15 is 0 Å². The molecule has 2 aromatic carbocycles. The minimum Gasteiger partial charge on any atom is -0.463 e. The molecule has 3 aromatic rings. The van der Waals surface area contributed by atoms with Crippen LogP contribution in [0.5, 0.6) is 5.75 Å². The highest BCUT2D eigenvalue weighted by atomic mass is 16.7. The molecule has 222 valence electrons. The lowest BCUT2D eigenvalue weighted by atomic mass is 9.97. The van der Waals surface area contributed by atoms with Crippen molar-refractivity contribution in [3.63, 3.8) is 0 Å². The van der Waals surface area contributed by atoms with Gasteiger partial charge in [0.05, 0.1) is 0 Å². The number of esters is 4. The Morgan fingerprint density at radius 1 is 0.786 bits per heavy atom. The Kier molecular flexibility index (Phi) is 9.26. The fourth-order valence-electron chi connectivity index (χ4n) is 4.74. The number of aryl methyl sites for hydroxylation is 1. The van der Waals surface area contributed by atoms with Gasteiger partial charge in [0.1, 0.15) is 24.0 Å². The molecule has 1 aliphatic heterocycles. The summed E-state index contributed by atoms with van der Waals surface area (Å²) in [5.74, 6) is -2.72. The van der Waals surface area contributed by atoms with Gasteiger partial charge >= 0.3 is 29.5 Å². The number of rotatable bonds is 8. The quantitative estimate of drug-likeness (QED) is 0.218. The first-order valence-corrected chi connectivity index (χ1v) is 13.0. The number of fused-ring (bicyclic) bond motifs is 1. The number of benzene rings is 2. The molecule has 0 radical (unpaired) electrons. The molecule has 0 spiro atoms. The van der Waals surface area contributed by atoms with E-state index in [2.05, 4.69) is 0 Å². The average molecular weight is 583 g/mol. The molecular formula is C30H30O12. The summed E-state index contributed by atoms with van der Waals surface area (Å²) in [5.41, 5.74) is 1.57. The van der Waals surface area contributed by atoms with Crippen LogP contribution in [0.25, 0.3) is 22.1 Å². The lowest BCUT2D eigenvalue weighted by molar-refractivity contribution is -0.288. The van der Waals surface area contributed by atoms with E-state index in [0.717, 1.165) is 26.3 Å². The first kappa shape index (κ1) is 30.3. The van der Waals surface area contributed by atoms with E-state index in [9.17, 15) is 24.0 Å². The van der Waals surface area contributed by atoms with Crippen molar-refractivity contribution in [2.75, 3.05) is 6.61 Å². The molecule has 1 fully saturated rings. The molecule has 1 aromatic heterocycles. The van der Waals surface area contributed by atoms with Gasteiger partial charge in [-0.3, -0.25) is 19.2 Å². The number of carbonyl (C=O) groups excluding carboxylic acids is 4. The Bertz CT molecular complexity index is 1540. The molecule has 0 amide bonds. The molecule has 0 bridgehead atoms. The third-order valence-electron chi connectivity index (χ3n) is 6.39. The van der Waals surface area contributed by atoms with E-state index in [1.54, 1.807) is 19.1 Å². The predicted molar refractivity (Wildman–Crippen MR) is 145 cm³/mol. The lowest BCUT2D eigenvalue weighted by Gasteiger charge is -2.44. The van der Waals surface area contributed by atoms with Crippen molar-refractivity contribution in [1.29, 1.82) is 0 Å². The summed E-state index contributed by atoms with van der Waals surface area (Å²) in [6.45, 7) is 5.84.